The molecule has 22 heavy (non-hydrogen) atoms. The summed E-state index contributed by atoms with van der Waals surface area (Å²) in [6, 6.07) is 1.31. The summed E-state index contributed by atoms with van der Waals surface area (Å²) in [5.74, 6) is -0.0585. The number of nitrogens with zero attached hydrogens (tertiary/aromatic N) is 3. The normalized spacial score (nSPS) is 34.8. The number of amides is 2. The zero-order chi connectivity index (χ0) is 15.3. The molecule has 1 saturated carbocycles. The summed E-state index contributed by atoms with van der Waals surface area (Å²) in [5.41, 5.74) is -1.03. The predicted octanol–water partition coefficient (Wildman–Crippen LogP) is -0.193. The molecule has 3 saturated heterocycles. The number of aliphatic hydroxyl groups is 1. The van der Waals surface area contributed by atoms with Crippen LogP contribution in [0, 0.1) is 0 Å². The fourth-order valence-electron chi connectivity index (χ4n) is 4.50. The Labute approximate surface area is 131 Å². The number of hydrogen-bond donors (Lipinski definition) is 1. The fourth-order valence-corrected chi connectivity index (χ4v) is 4.50. The van der Waals surface area contributed by atoms with Gasteiger partial charge in [-0.05, 0) is 38.5 Å². The van der Waals surface area contributed by atoms with Crippen molar-refractivity contribution in [3.63, 3.8) is 0 Å². The van der Waals surface area contributed by atoms with E-state index >= 15 is 0 Å². The van der Waals surface area contributed by atoms with Crippen LogP contribution < -0.4 is 0 Å². The van der Waals surface area contributed by atoms with E-state index in [0.717, 1.165) is 58.3 Å². The molecule has 2 amide bonds. The van der Waals surface area contributed by atoms with Crippen molar-refractivity contribution in [2.75, 3.05) is 26.2 Å². The molecule has 3 aliphatic heterocycles. The summed E-state index contributed by atoms with van der Waals surface area (Å²) in [6.07, 6.45) is 6.52. The topological polar surface area (TPSA) is 64.1 Å². The van der Waals surface area contributed by atoms with Crippen molar-refractivity contribution in [1.82, 2.24) is 14.7 Å². The van der Waals surface area contributed by atoms with Crippen molar-refractivity contribution in [2.24, 2.45) is 0 Å². The van der Waals surface area contributed by atoms with Gasteiger partial charge in [-0.2, -0.15) is 0 Å². The molecule has 4 fully saturated rings. The molecule has 6 nitrogen and oxygen atoms in total. The minimum absolute atomic E-state index is 0.0585. The summed E-state index contributed by atoms with van der Waals surface area (Å²) in [4.78, 5) is 29.7. The molecule has 1 N–H and O–H groups in total. The molecule has 4 rings (SSSR count). The third-order valence-corrected chi connectivity index (χ3v) is 6.08. The van der Waals surface area contributed by atoms with E-state index in [1.165, 1.54) is 0 Å². The highest BCUT2D eigenvalue weighted by atomic mass is 16.3. The van der Waals surface area contributed by atoms with Crippen LogP contribution >= 0.6 is 0 Å². The second-order valence-electron chi connectivity index (χ2n) is 7.45. The molecular formula is C16H25N3O3. The van der Waals surface area contributed by atoms with Gasteiger partial charge < -0.3 is 14.9 Å². The van der Waals surface area contributed by atoms with E-state index in [1.54, 1.807) is 0 Å². The van der Waals surface area contributed by atoms with Crippen molar-refractivity contribution >= 4 is 12.3 Å². The lowest BCUT2D eigenvalue weighted by atomic mass is 10.00. The summed E-state index contributed by atoms with van der Waals surface area (Å²) < 4.78 is 0. The average molecular weight is 307 g/mol. The van der Waals surface area contributed by atoms with Gasteiger partial charge in [0, 0.05) is 44.3 Å². The molecule has 0 aromatic heterocycles. The van der Waals surface area contributed by atoms with Crippen LogP contribution in [-0.4, -0.2) is 82.0 Å². The molecule has 1 aliphatic carbocycles. The number of piperazine rings is 1. The molecule has 0 radical (unpaired) electrons. The Balaban J connectivity index is 1.33. The summed E-state index contributed by atoms with van der Waals surface area (Å²) >= 11 is 0. The van der Waals surface area contributed by atoms with Crippen molar-refractivity contribution in [3.8, 4) is 0 Å². The molecule has 0 aromatic rings. The maximum Gasteiger partial charge on any atom is 0.254 e. The van der Waals surface area contributed by atoms with Gasteiger partial charge in [-0.15, -0.1) is 0 Å². The summed E-state index contributed by atoms with van der Waals surface area (Å²) in [5, 5.41) is 9.96. The number of carbonyl (C=O) groups excluding carboxylic acids is 2. The number of rotatable bonds is 3. The molecule has 3 heterocycles. The highest BCUT2D eigenvalue weighted by Crippen LogP contribution is 2.38. The summed E-state index contributed by atoms with van der Waals surface area (Å²) in [6.45, 7) is 3.49. The Bertz CT molecular complexity index is 457. The zero-order valence-electron chi connectivity index (χ0n) is 13.0. The van der Waals surface area contributed by atoms with Gasteiger partial charge in [-0.25, -0.2) is 0 Å². The van der Waals surface area contributed by atoms with E-state index in [-0.39, 0.29) is 5.91 Å². The number of piperidine rings is 1. The Hall–Kier alpha value is -1.14. The maximum absolute atomic E-state index is 12.2. The molecule has 4 aliphatic rings. The molecule has 122 valence electrons. The quantitative estimate of drug-likeness (QED) is 0.734. The van der Waals surface area contributed by atoms with Crippen LogP contribution in [0.1, 0.15) is 38.5 Å². The smallest absolute Gasteiger partial charge is 0.254 e. The van der Waals surface area contributed by atoms with Gasteiger partial charge in [0.2, 0.25) is 6.41 Å². The number of fused-ring (bicyclic) bond motifs is 2. The van der Waals surface area contributed by atoms with Gasteiger partial charge in [0.05, 0.1) is 0 Å². The van der Waals surface area contributed by atoms with Crippen LogP contribution in [0.25, 0.3) is 0 Å². The second-order valence-corrected chi connectivity index (χ2v) is 7.45. The first-order valence-electron chi connectivity index (χ1n) is 8.59. The van der Waals surface area contributed by atoms with Gasteiger partial charge in [0.15, 0.2) is 0 Å². The lowest BCUT2D eigenvalue weighted by Gasteiger charge is -2.45. The van der Waals surface area contributed by atoms with Crippen LogP contribution in [0.4, 0.5) is 0 Å². The Morgan fingerprint density at radius 1 is 1.00 bits per heavy atom. The highest BCUT2D eigenvalue weighted by molar-refractivity contribution is 5.87. The van der Waals surface area contributed by atoms with Gasteiger partial charge in [0.25, 0.3) is 5.91 Å². The van der Waals surface area contributed by atoms with Gasteiger partial charge >= 0.3 is 0 Å². The largest absolute Gasteiger partial charge is 0.380 e. The SMILES string of the molecule is O=CN1[C@@H]2CC[C@H]1CN(C1CCN(C(=O)C3(O)CC3)CC1)C2. The van der Waals surface area contributed by atoms with E-state index in [9.17, 15) is 14.7 Å². The molecule has 6 heteroatoms. The third kappa shape index (κ3) is 2.33. The van der Waals surface area contributed by atoms with Crippen LogP contribution in [-0.2, 0) is 9.59 Å². The molecule has 0 aromatic carbocycles. The average Bonchev–Trinajstić information content (AvgIpc) is 3.25. The van der Waals surface area contributed by atoms with Crippen molar-refractivity contribution < 1.29 is 14.7 Å². The maximum atomic E-state index is 12.2. The van der Waals surface area contributed by atoms with Crippen LogP contribution in [0.5, 0.6) is 0 Å². The third-order valence-electron chi connectivity index (χ3n) is 6.08. The molecule has 0 unspecified atom stereocenters. The fraction of sp³-hybridized carbons (Fsp3) is 0.875. The Kier molecular flexibility index (Phi) is 3.42. The van der Waals surface area contributed by atoms with Crippen LogP contribution in [0.3, 0.4) is 0 Å². The zero-order valence-corrected chi connectivity index (χ0v) is 13.0. The molecule has 2 bridgehead atoms. The van der Waals surface area contributed by atoms with Crippen LogP contribution in [0.15, 0.2) is 0 Å². The first-order chi connectivity index (χ1) is 10.6. The van der Waals surface area contributed by atoms with Gasteiger partial charge in [0.1, 0.15) is 5.60 Å². The minimum atomic E-state index is -1.03. The van der Waals surface area contributed by atoms with Gasteiger partial charge in [-0.3, -0.25) is 14.5 Å². The summed E-state index contributed by atoms with van der Waals surface area (Å²) in [7, 11) is 0. The number of likely N-dealkylation sites (tertiary alicyclic amines) is 2. The molecule has 0 spiro atoms. The van der Waals surface area contributed by atoms with E-state index in [0.29, 0.717) is 31.0 Å². The second kappa shape index (κ2) is 5.20. The Morgan fingerprint density at radius 2 is 1.59 bits per heavy atom. The van der Waals surface area contributed by atoms with Crippen molar-refractivity contribution in [2.45, 2.75) is 62.3 Å². The highest BCUT2D eigenvalue weighted by Gasteiger charge is 2.50. The van der Waals surface area contributed by atoms with E-state index in [4.69, 9.17) is 0 Å². The van der Waals surface area contributed by atoms with Crippen molar-refractivity contribution in [1.29, 1.82) is 0 Å². The Morgan fingerprint density at radius 3 is 2.09 bits per heavy atom. The van der Waals surface area contributed by atoms with E-state index in [1.807, 2.05) is 9.80 Å². The number of hydrogen-bond acceptors (Lipinski definition) is 4. The molecule has 2 atom stereocenters. The van der Waals surface area contributed by atoms with E-state index in [2.05, 4.69) is 4.90 Å². The first kappa shape index (κ1) is 14.5. The lowest BCUT2D eigenvalue weighted by molar-refractivity contribution is -0.144. The minimum Gasteiger partial charge on any atom is -0.380 e. The van der Waals surface area contributed by atoms with Gasteiger partial charge in [-0.1, -0.05) is 0 Å². The van der Waals surface area contributed by atoms with Crippen LogP contribution in [0.2, 0.25) is 0 Å². The predicted molar refractivity (Wildman–Crippen MR) is 80.1 cm³/mol. The molecular weight excluding hydrogens is 282 g/mol. The van der Waals surface area contributed by atoms with E-state index < -0.39 is 5.60 Å². The first-order valence-corrected chi connectivity index (χ1v) is 8.59. The standard InChI is InChI=1S/C16H25N3O3/c20-11-19-13-1-2-14(19)10-18(9-13)12-3-7-17(8-4-12)15(21)16(22)5-6-16/h11-14,22H,1-10H2/t13-,14+. The number of carbonyl (C=O) groups is 2. The lowest BCUT2D eigenvalue weighted by Crippen LogP contribution is -2.58. The monoisotopic (exact) mass is 307 g/mol. The van der Waals surface area contributed by atoms with Crippen molar-refractivity contribution in [3.05, 3.63) is 0 Å².